The summed E-state index contributed by atoms with van der Waals surface area (Å²) in [5, 5.41) is 20.6. The quantitative estimate of drug-likeness (QED) is 0.375. The van der Waals surface area contributed by atoms with E-state index < -0.39 is 28.2 Å². The Labute approximate surface area is 146 Å². The van der Waals surface area contributed by atoms with Crippen molar-refractivity contribution >= 4 is 29.1 Å². The van der Waals surface area contributed by atoms with Gasteiger partial charge in [-0.05, 0) is 29.8 Å². The van der Waals surface area contributed by atoms with Crippen molar-refractivity contribution in [2.75, 3.05) is 0 Å². The second kappa shape index (κ2) is 6.40. The number of hydrazine groups is 1. The molecule has 2 aromatic rings. The van der Waals surface area contributed by atoms with Gasteiger partial charge < -0.3 is 5.11 Å². The zero-order valence-electron chi connectivity index (χ0n) is 12.6. The van der Waals surface area contributed by atoms with E-state index in [-0.39, 0.29) is 17.0 Å². The molecule has 2 aromatic carbocycles. The highest BCUT2D eigenvalue weighted by molar-refractivity contribution is 6.33. The van der Waals surface area contributed by atoms with Crippen LogP contribution in [0.25, 0.3) is 0 Å². The van der Waals surface area contributed by atoms with Crippen LogP contribution in [0.5, 0.6) is 5.75 Å². The summed E-state index contributed by atoms with van der Waals surface area (Å²) in [5.74, 6) is -1.39. The Hall–Kier alpha value is -3.13. The molecule has 0 spiro atoms. The lowest BCUT2D eigenvalue weighted by atomic mass is 9.95. The van der Waals surface area contributed by atoms with Crippen LogP contribution in [0.3, 0.4) is 0 Å². The number of para-hydroxylation sites is 1. The first-order valence-electron chi connectivity index (χ1n) is 7.20. The summed E-state index contributed by atoms with van der Waals surface area (Å²) < 4.78 is 0. The van der Waals surface area contributed by atoms with Crippen LogP contribution < -0.4 is 5.43 Å². The number of nitro groups is 1. The maximum atomic E-state index is 12.2. The summed E-state index contributed by atoms with van der Waals surface area (Å²) in [7, 11) is 0. The second-order valence-electron chi connectivity index (χ2n) is 5.36. The SMILES string of the molecule is O=C(NN1C(=O)[C@@H](Cl)[C@H]1c1ccc([N+](=O)[O-])cc1)c1ccccc1O. The van der Waals surface area contributed by atoms with Gasteiger partial charge in [-0.15, -0.1) is 11.6 Å². The predicted octanol–water partition coefficient (Wildman–Crippen LogP) is 2.14. The molecule has 128 valence electrons. The molecule has 25 heavy (non-hydrogen) atoms. The van der Waals surface area contributed by atoms with Crippen molar-refractivity contribution in [2.24, 2.45) is 0 Å². The van der Waals surface area contributed by atoms with Gasteiger partial charge in [-0.25, -0.2) is 5.01 Å². The molecule has 0 radical (unpaired) electrons. The fraction of sp³-hybridized carbons (Fsp3) is 0.125. The van der Waals surface area contributed by atoms with Gasteiger partial charge in [0.05, 0.1) is 10.5 Å². The van der Waals surface area contributed by atoms with Crippen LogP contribution in [0.2, 0.25) is 0 Å². The van der Waals surface area contributed by atoms with Crippen molar-refractivity contribution < 1.29 is 19.6 Å². The van der Waals surface area contributed by atoms with Crippen molar-refractivity contribution in [1.82, 2.24) is 10.4 Å². The lowest BCUT2D eigenvalue weighted by Crippen LogP contribution is -2.63. The normalized spacial score (nSPS) is 19.2. The van der Waals surface area contributed by atoms with Gasteiger partial charge in [-0.1, -0.05) is 12.1 Å². The number of nitrogens with zero attached hydrogens (tertiary/aromatic N) is 2. The van der Waals surface area contributed by atoms with E-state index in [1.165, 1.54) is 36.4 Å². The Kier molecular flexibility index (Phi) is 4.28. The van der Waals surface area contributed by atoms with Crippen molar-refractivity contribution in [3.05, 3.63) is 69.8 Å². The first kappa shape index (κ1) is 16.7. The number of carbonyl (C=O) groups is 2. The predicted molar refractivity (Wildman–Crippen MR) is 87.9 cm³/mol. The smallest absolute Gasteiger partial charge is 0.273 e. The van der Waals surface area contributed by atoms with Crippen LogP contribution in [0, 0.1) is 10.1 Å². The minimum atomic E-state index is -0.897. The summed E-state index contributed by atoms with van der Waals surface area (Å²) in [6, 6.07) is 10.8. The molecule has 1 aliphatic rings. The third kappa shape index (κ3) is 2.99. The van der Waals surface area contributed by atoms with E-state index in [0.29, 0.717) is 5.56 Å². The molecule has 0 aliphatic carbocycles. The number of benzene rings is 2. The number of hydrogen-bond acceptors (Lipinski definition) is 5. The Bertz CT molecular complexity index is 855. The van der Waals surface area contributed by atoms with Gasteiger partial charge in [0.2, 0.25) is 0 Å². The number of non-ortho nitro benzene ring substituents is 1. The average molecular weight is 362 g/mol. The first-order valence-corrected chi connectivity index (χ1v) is 7.64. The number of alkyl halides is 1. The number of halogens is 1. The van der Waals surface area contributed by atoms with E-state index in [0.717, 1.165) is 5.01 Å². The minimum absolute atomic E-state index is 0.00997. The molecular weight excluding hydrogens is 350 g/mol. The number of β-lactam (4-membered cyclic amide) rings is 1. The number of nitrogens with one attached hydrogen (secondary N) is 1. The minimum Gasteiger partial charge on any atom is -0.507 e. The number of phenolic OH excluding ortho intramolecular Hbond substituents is 1. The van der Waals surface area contributed by atoms with Gasteiger partial charge in [0, 0.05) is 12.1 Å². The van der Waals surface area contributed by atoms with Gasteiger partial charge >= 0.3 is 0 Å². The van der Waals surface area contributed by atoms with Gasteiger partial charge in [0.15, 0.2) is 0 Å². The molecule has 2 N–H and O–H groups in total. The van der Waals surface area contributed by atoms with Gasteiger partial charge in [0.25, 0.3) is 17.5 Å². The van der Waals surface area contributed by atoms with Crippen LogP contribution in [0.15, 0.2) is 48.5 Å². The van der Waals surface area contributed by atoms with Gasteiger partial charge in [-0.2, -0.15) is 0 Å². The van der Waals surface area contributed by atoms with E-state index >= 15 is 0 Å². The van der Waals surface area contributed by atoms with Crippen LogP contribution in [-0.2, 0) is 4.79 Å². The van der Waals surface area contributed by atoms with E-state index in [1.54, 1.807) is 12.1 Å². The third-order valence-corrected chi connectivity index (χ3v) is 4.27. The van der Waals surface area contributed by atoms with Crippen molar-refractivity contribution in [3.8, 4) is 5.75 Å². The number of carbonyl (C=O) groups excluding carboxylic acids is 2. The molecule has 1 heterocycles. The highest BCUT2D eigenvalue weighted by atomic mass is 35.5. The Balaban J connectivity index is 1.80. The third-order valence-electron chi connectivity index (χ3n) is 3.84. The van der Waals surface area contributed by atoms with Gasteiger partial charge in [0.1, 0.15) is 17.2 Å². The Morgan fingerprint density at radius 2 is 1.84 bits per heavy atom. The first-order chi connectivity index (χ1) is 11.9. The summed E-state index contributed by atoms with van der Waals surface area (Å²) in [5.41, 5.74) is 2.87. The zero-order valence-corrected chi connectivity index (χ0v) is 13.4. The standard InChI is InChI=1S/C16H12ClN3O5/c17-13-14(9-5-7-10(8-6-9)20(24)25)19(16(13)23)18-15(22)11-3-1-2-4-12(11)21/h1-8,13-14,21H,(H,18,22)/t13-,14+/m0/s1. The fourth-order valence-electron chi connectivity index (χ4n) is 2.52. The molecule has 1 saturated heterocycles. The molecule has 8 nitrogen and oxygen atoms in total. The summed E-state index contributed by atoms with van der Waals surface area (Å²) in [4.78, 5) is 34.4. The maximum absolute atomic E-state index is 12.2. The molecule has 2 amide bonds. The molecule has 1 aliphatic heterocycles. The second-order valence-corrected chi connectivity index (χ2v) is 5.83. The van der Waals surface area contributed by atoms with Crippen molar-refractivity contribution in [2.45, 2.75) is 11.4 Å². The van der Waals surface area contributed by atoms with Crippen molar-refractivity contribution in [1.29, 1.82) is 0 Å². The summed E-state index contributed by atoms with van der Waals surface area (Å²) in [6.07, 6.45) is 0. The topological polar surface area (TPSA) is 113 Å². The highest BCUT2D eigenvalue weighted by Gasteiger charge is 2.48. The largest absolute Gasteiger partial charge is 0.507 e. The van der Waals surface area contributed by atoms with Crippen LogP contribution in [0.1, 0.15) is 22.0 Å². The van der Waals surface area contributed by atoms with E-state index in [2.05, 4.69) is 5.43 Å². The van der Waals surface area contributed by atoms with Gasteiger partial charge in [-0.3, -0.25) is 25.1 Å². The molecule has 0 bridgehead atoms. The number of nitro benzene ring substituents is 1. The molecule has 0 saturated carbocycles. The van der Waals surface area contributed by atoms with E-state index in [4.69, 9.17) is 11.6 Å². The van der Waals surface area contributed by atoms with Crippen LogP contribution >= 0.6 is 11.6 Å². The number of hydrogen-bond donors (Lipinski definition) is 2. The van der Waals surface area contributed by atoms with E-state index in [1.807, 2.05) is 0 Å². The summed E-state index contributed by atoms with van der Waals surface area (Å²) in [6.45, 7) is 0. The average Bonchev–Trinajstić information content (AvgIpc) is 2.61. The molecule has 9 heteroatoms. The summed E-state index contributed by atoms with van der Waals surface area (Å²) >= 11 is 6.03. The molecular formula is C16H12ClN3O5. The Morgan fingerprint density at radius 3 is 2.44 bits per heavy atom. The van der Waals surface area contributed by atoms with Crippen LogP contribution in [0.4, 0.5) is 5.69 Å². The number of phenols is 1. The number of amides is 2. The fourth-order valence-corrected chi connectivity index (χ4v) is 2.89. The molecule has 3 rings (SSSR count). The number of rotatable bonds is 4. The molecule has 2 atom stereocenters. The number of aromatic hydroxyl groups is 1. The molecule has 1 fully saturated rings. The Morgan fingerprint density at radius 1 is 1.20 bits per heavy atom. The molecule has 0 unspecified atom stereocenters. The maximum Gasteiger partial charge on any atom is 0.273 e. The monoisotopic (exact) mass is 361 g/mol. The zero-order chi connectivity index (χ0) is 18.1. The van der Waals surface area contributed by atoms with Crippen LogP contribution in [-0.4, -0.2) is 32.2 Å². The lowest BCUT2D eigenvalue weighted by Gasteiger charge is -2.43. The highest BCUT2D eigenvalue weighted by Crippen LogP contribution is 2.37. The lowest BCUT2D eigenvalue weighted by molar-refractivity contribution is -0.384. The van der Waals surface area contributed by atoms with E-state index in [9.17, 15) is 24.8 Å². The van der Waals surface area contributed by atoms with Crippen molar-refractivity contribution in [3.63, 3.8) is 0 Å². The molecule has 0 aromatic heterocycles.